The molecule has 0 aliphatic carbocycles. The first-order valence-electron chi connectivity index (χ1n) is 7.82. The average molecular weight is 407 g/mol. The summed E-state index contributed by atoms with van der Waals surface area (Å²) in [5, 5.41) is 11.5. The Balaban J connectivity index is 2.06. The monoisotopic (exact) mass is 407 g/mol. The van der Waals surface area contributed by atoms with E-state index in [1.165, 1.54) is 28.8 Å². The number of nitrogens with one attached hydrogen (secondary N) is 1. The third kappa shape index (κ3) is 5.38. The summed E-state index contributed by atoms with van der Waals surface area (Å²) in [5.41, 5.74) is 5.96. The number of nitrogens with two attached hydrogens (primary N) is 1. The SMILES string of the molecule is CN1C(=O)C(=Cc2ccc(C(=O)NC(CCC(N)=O)C(=O)O)cc2)SC1=S. The molecule has 1 unspecified atom stereocenters. The number of amides is 3. The minimum atomic E-state index is -1.25. The summed E-state index contributed by atoms with van der Waals surface area (Å²) >= 11 is 6.26. The fourth-order valence-corrected chi connectivity index (χ4v) is 3.39. The summed E-state index contributed by atoms with van der Waals surface area (Å²) < 4.78 is 0.470. The summed E-state index contributed by atoms with van der Waals surface area (Å²) in [6.07, 6.45) is 1.43. The number of likely N-dealkylation sites (N-methyl/N-ethyl adjacent to an activating group) is 1. The van der Waals surface area contributed by atoms with Gasteiger partial charge in [0.2, 0.25) is 5.91 Å². The molecule has 0 radical (unpaired) electrons. The van der Waals surface area contributed by atoms with Crippen molar-refractivity contribution in [2.75, 3.05) is 7.05 Å². The first-order chi connectivity index (χ1) is 12.7. The highest BCUT2D eigenvalue weighted by atomic mass is 32.2. The fraction of sp³-hybridized carbons (Fsp3) is 0.235. The van der Waals surface area contributed by atoms with Crippen LogP contribution in [0.5, 0.6) is 0 Å². The number of carboxylic acids is 1. The van der Waals surface area contributed by atoms with Crippen molar-refractivity contribution in [2.45, 2.75) is 18.9 Å². The molecule has 0 bridgehead atoms. The van der Waals surface area contributed by atoms with E-state index in [2.05, 4.69) is 5.32 Å². The molecule has 1 heterocycles. The molecule has 1 aliphatic heterocycles. The van der Waals surface area contributed by atoms with Crippen LogP contribution in [0.2, 0.25) is 0 Å². The van der Waals surface area contributed by atoms with E-state index in [1.54, 1.807) is 25.3 Å². The fourth-order valence-electron chi connectivity index (χ4n) is 2.21. The molecular weight excluding hydrogens is 390 g/mol. The van der Waals surface area contributed by atoms with Gasteiger partial charge in [0, 0.05) is 19.0 Å². The second-order valence-electron chi connectivity index (χ2n) is 5.73. The maximum atomic E-state index is 12.2. The molecule has 142 valence electrons. The van der Waals surface area contributed by atoms with Crippen molar-refractivity contribution < 1.29 is 24.3 Å². The smallest absolute Gasteiger partial charge is 0.326 e. The molecule has 1 aromatic carbocycles. The lowest BCUT2D eigenvalue weighted by molar-refractivity contribution is -0.139. The van der Waals surface area contributed by atoms with Crippen LogP contribution in [0.4, 0.5) is 0 Å². The molecule has 0 aromatic heterocycles. The molecule has 0 spiro atoms. The van der Waals surface area contributed by atoms with E-state index < -0.39 is 23.8 Å². The number of thioether (sulfide) groups is 1. The molecule has 1 atom stereocenters. The Bertz CT molecular complexity index is 835. The molecule has 27 heavy (non-hydrogen) atoms. The van der Waals surface area contributed by atoms with Crippen molar-refractivity contribution in [3.63, 3.8) is 0 Å². The van der Waals surface area contributed by atoms with Gasteiger partial charge >= 0.3 is 5.97 Å². The highest BCUT2D eigenvalue weighted by molar-refractivity contribution is 8.26. The summed E-state index contributed by atoms with van der Waals surface area (Å²) in [6.45, 7) is 0. The summed E-state index contributed by atoms with van der Waals surface area (Å²) in [7, 11) is 1.60. The van der Waals surface area contributed by atoms with Gasteiger partial charge in [-0.05, 0) is 30.2 Å². The maximum Gasteiger partial charge on any atom is 0.326 e. The first-order valence-corrected chi connectivity index (χ1v) is 9.05. The third-order valence-corrected chi connectivity index (χ3v) is 5.22. The van der Waals surface area contributed by atoms with Crippen LogP contribution in [-0.2, 0) is 14.4 Å². The molecule has 1 aromatic rings. The molecule has 10 heteroatoms. The second-order valence-corrected chi connectivity index (χ2v) is 7.41. The van der Waals surface area contributed by atoms with Crippen LogP contribution in [0.3, 0.4) is 0 Å². The van der Waals surface area contributed by atoms with Gasteiger partial charge in [0.15, 0.2) is 0 Å². The Labute approximate surface area is 164 Å². The molecule has 1 fully saturated rings. The van der Waals surface area contributed by atoms with Crippen molar-refractivity contribution in [1.82, 2.24) is 10.2 Å². The lowest BCUT2D eigenvalue weighted by Gasteiger charge is -2.13. The Kier molecular flexibility index (Phi) is 6.70. The molecule has 3 amide bonds. The molecule has 1 saturated heterocycles. The van der Waals surface area contributed by atoms with Gasteiger partial charge in [-0.2, -0.15) is 0 Å². The van der Waals surface area contributed by atoms with Gasteiger partial charge in [-0.3, -0.25) is 19.3 Å². The number of carbonyl (C=O) groups excluding carboxylic acids is 3. The second kappa shape index (κ2) is 8.78. The van der Waals surface area contributed by atoms with Crippen LogP contribution in [0.25, 0.3) is 6.08 Å². The highest BCUT2D eigenvalue weighted by Gasteiger charge is 2.28. The average Bonchev–Trinajstić information content (AvgIpc) is 2.85. The van der Waals surface area contributed by atoms with Crippen LogP contribution in [0.1, 0.15) is 28.8 Å². The minimum absolute atomic E-state index is 0.0899. The molecule has 0 saturated carbocycles. The van der Waals surface area contributed by atoms with Gasteiger partial charge in [-0.15, -0.1) is 0 Å². The van der Waals surface area contributed by atoms with E-state index in [0.29, 0.717) is 14.8 Å². The number of benzene rings is 1. The summed E-state index contributed by atoms with van der Waals surface area (Å²) in [4.78, 5) is 48.0. The van der Waals surface area contributed by atoms with Crippen molar-refractivity contribution in [3.8, 4) is 0 Å². The van der Waals surface area contributed by atoms with E-state index >= 15 is 0 Å². The number of nitrogens with zero attached hydrogens (tertiary/aromatic N) is 1. The Morgan fingerprint density at radius 2 is 1.96 bits per heavy atom. The zero-order valence-electron chi connectivity index (χ0n) is 14.3. The van der Waals surface area contributed by atoms with Gasteiger partial charge in [-0.25, -0.2) is 4.79 Å². The van der Waals surface area contributed by atoms with Crippen LogP contribution in [-0.4, -0.2) is 51.1 Å². The number of hydrogen-bond donors (Lipinski definition) is 3. The molecule has 2 rings (SSSR count). The number of rotatable bonds is 7. The lowest BCUT2D eigenvalue weighted by Crippen LogP contribution is -2.41. The lowest BCUT2D eigenvalue weighted by atomic mass is 10.1. The molecule has 8 nitrogen and oxygen atoms in total. The Morgan fingerprint density at radius 1 is 1.33 bits per heavy atom. The predicted octanol–water partition coefficient (Wildman–Crippen LogP) is 0.966. The van der Waals surface area contributed by atoms with E-state index in [9.17, 15) is 19.2 Å². The number of carboxylic acid groups (broad SMARTS) is 1. The molecule has 4 N–H and O–H groups in total. The van der Waals surface area contributed by atoms with Gasteiger partial charge in [0.05, 0.1) is 4.91 Å². The quantitative estimate of drug-likeness (QED) is 0.453. The number of thiocarbonyl (C=S) groups is 1. The maximum absolute atomic E-state index is 12.2. The predicted molar refractivity (Wildman–Crippen MR) is 105 cm³/mol. The zero-order chi connectivity index (χ0) is 20.1. The van der Waals surface area contributed by atoms with Gasteiger partial charge < -0.3 is 16.2 Å². The molecule has 1 aliphatic rings. The summed E-state index contributed by atoms with van der Waals surface area (Å²) in [6, 6.07) is 5.09. The van der Waals surface area contributed by atoms with Gasteiger partial charge in [-0.1, -0.05) is 36.1 Å². The Hall–Kier alpha value is -2.72. The van der Waals surface area contributed by atoms with Crippen molar-refractivity contribution in [2.24, 2.45) is 5.73 Å². The third-order valence-electron chi connectivity index (χ3n) is 3.74. The number of carbonyl (C=O) groups is 4. The first kappa shape index (κ1) is 20.6. The van der Waals surface area contributed by atoms with E-state index in [4.69, 9.17) is 23.1 Å². The topological polar surface area (TPSA) is 130 Å². The van der Waals surface area contributed by atoms with Crippen LogP contribution in [0.15, 0.2) is 29.2 Å². The standard InChI is InChI=1S/C17H17N3O5S2/c1-20-15(23)12(27-17(20)26)8-9-2-4-10(5-3-9)14(22)19-11(16(24)25)6-7-13(18)21/h2-5,8,11H,6-7H2,1H3,(H2,18,21)(H,19,22)(H,24,25). The number of aliphatic carboxylic acids is 1. The normalized spacial score (nSPS) is 16.5. The van der Waals surface area contributed by atoms with E-state index in [1.807, 2.05) is 0 Å². The van der Waals surface area contributed by atoms with Crippen molar-refractivity contribution in [1.29, 1.82) is 0 Å². The van der Waals surface area contributed by atoms with Crippen LogP contribution >= 0.6 is 24.0 Å². The molecular formula is C17H17N3O5S2. The summed E-state index contributed by atoms with van der Waals surface area (Å²) in [5.74, 6) is -2.66. The Morgan fingerprint density at radius 3 is 2.44 bits per heavy atom. The zero-order valence-corrected chi connectivity index (χ0v) is 15.9. The number of hydrogen-bond acceptors (Lipinski definition) is 6. The van der Waals surface area contributed by atoms with Gasteiger partial charge in [0.25, 0.3) is 11.8 Å². The van der Waals surface area contributed by atoms with E-state index in [-0.39, 0.29) is 24.3 Å². The van der Waals surface area contributed by atoms with Crippen LogP contribution in [0, 0.1) is 0 Å². The van der Waals surface area contributed by atoms with Crippen molar-refractivity contribution >= 4 is 58.1 Å². The number of primary amides is 1. The van der Waals surface area contributed by atoms with Crippen LogP contribution < -0.4 is 11.1 Å². The van der Waals surface area contributed by atoms with E-state index in [0.717, 1.165) is 0 Å². The van der Waals surface area contributed by atoms with Crippen molar-refractivity contribution in [3.05, 3.63) is 40.3 Å². The highest BCUT2D eigenvalue weighted by Crippen LogP contribution is 2.31. The largest absolute Gasteiger partial charge is 0.480 e. The van der Waals surface area contributed by atoms with Gasteiger partial charge in [0.1, 0.15) is 10.4 Å². The minimum Gasteiger partial charge on any atom is -0.480 e.